The summed E-state index contributed by atoms with van der Waals surface area (Å²) in [5.74, 6) is -14.6. The van der Waals surface area contributed by atoms with Crippen LogP contribution in [-0.4, -0.2) is 11.8 Å². The van der Waals surface area contributed by atoms with Crippen LogP contribution in [0.15, 0.2) is 0 Å². The summed E-state index contributed by atoms with van der Waals surface area (Å²) in [6.45, 7) is 1.16. The van der Waals surface area contributed by atoms with Gasteiger partial charge in [0, 0.05) is 6.42 Å². The van der Waals surface area contributed by atoms with E-state index >= 15 is 0 Å². The topological polar surface area (TPSA) is 43.4 Å². The quantitative estimate of drug-likeness (QED) is 0.280. The van der Waals surface area contributed by atoms with Gasteiger partial charge in [0.15, 0.2) is 0 Å². The lowest BCUT2D eigenvalue weighted by molar-refractivity contribution is -0.136. The summed E-state index contributed by atoms with van der Waals surface area (Å²) in [6, 6.07) is 0. The van der Waals surface area contributed by atoms with Crippen LogP contribution in [0.4, 0.5) is 22.0 Å². The fourth-order valence-corrected chi connectivity index (χ4v) is 1.12. The molecule has 1 rings (SSSR count). The molecule has 0 unspecified atom stereocenters. The molecule has 1 aromatic rings. The zero-order chi connectivity index (χ0) is 14.7. The number of carbonyl (C=O) groups is 2. The highest BCUT2D eigenvalue weighted by Crippen LogP contribution is 2.29. The Morgan fingerprint density at radius 1 is 0.842 bits per heavy atom. The molecule has 0 amide bonds. The van der Waals surface area contributed by atoms with Gasteiger partial charge in [-0.3, -0.25) is 4.79 Å². The third-order valence-electron chi connectivity index (χ3n) is 2.07. The van der Waals surface area contributed by atoms with Crippen molar-refractivity contribution in [2.45, 2.75) is 19.8 Å². The first kappa shape index (κ1) is 15.1. The largest absolute Gasteiger partial charge is 0.420 e. The molecule has 0 aliphatic heterocycles. The average molecular weight is 282 g/mol. The van der Waals surface area contributed by atoms with Gasteiger partial charge >= 0.3 is 5.97 Å². The minimum atomic E-state index is -2.35. The second kappa shape index (κ2) is 5.77. The molecule has 0 saturated carbocycles. The van der Waals surface area contributed by atoms with Crippen molar-refractivity contribution in [2.75, 3.05) is 0 Å². The lowest BCUT2D eigenvalue weighted by Crippen LogP contribution is -2.14. The predicted molar refractivity (Wildman–Crippen MR) is 51.8 cm³/mol. The molecule has 0 aliphatic rings. The first-order valence-electron chi connectivity index (χ1n) is 4.97. The Bertz CT molecular complexity index is 513. The number of ketones is 1. The molecule has 0 aliphatic carbocycles. The third kappa shape index (κ3) is 3.27. The van der Waals surface area contributed by atoms with Gasteiger partial charge < -0.3 is 9.53 Å². The molecule has 104 valence electrons. The molecule has 0 N–H and O–H groups in total. The van der Waals surface area contributed by atoms with Gasteiger partial charge in [0.2, 0.25) is 34.8 Å². The van der Waals surface area contributed by atoms with Gasteiger partial charge in [-0.05, 0) is 6.92 Å². The Balaban J connectivity index is 3.02. The Kier molecular flexibility index (Phi) is 4.57. The minimum absolute atomic E-state index is 0.270. The number of Topliss-reactive ketones (excluding diaryl/α,β-unsaturated/α-hetero) is 1. The number of hydrogen-bond acceptors (Lipinski definition) is 3. The van der Waals surface area contributed by atoms with Gasteiger partial charge in [-0.1, -0.05) is 0 Å². The van der Waals surface area contributed by atoms with Crippen molar-refractivity contribution in [3.8, 4) is 5.75 Å². The third-order valence-corrected chi connectivity index (χ3v) is 2.07. The average Bonchev–Trinajstić information content (AvgIpc) is 2.36. The first-order chi connectivity index (χ1) is 8.75. The van der Waals surface area contributed by atoms with E-state index < -0.39 is 53.0 Å². The molecule has 0 bridgehead atoms. The molecule has 19 heavy (non-hydrogen) atoms. The SMILES string of the molecule is CC(=O)CCC(=O)Oc1c(F)c(F)c(F)c(F)c1F. The molecule has 1 aromatic carbocycles. The number of carbonyl (C=O) groups excluding carboxylic acids is 2. The molecular weight excluding hydrogens is 275 g/mol. The summed E-state index contributed by atoms with van der Waals surface area (Å²) in [7, 11) is 0. The second-order valence-electron chi connectivity index (χ2n) is 3.58. The fourth-order valence-electron chi connectivity index (χ4n) is 1.12. The number of halogens is 5. The van der Waals surface area contributed by atoms with Crippen molar-refractivity contribution in [1.29, 1.82) is 0 Å². The molecular formula is C11H7F5O3. The maximum Gasteiger partial charge on any atom is 0.311 e. The lowest BCUT2D eigenvalue weighted by Gasteiger charge is -2.08. The number of benzene rings is 1. The Labute approximate surface area is 104 Å². The summed E-state index contributed by atoms with van der Waals surface area (Å²) >= 11 is 0. The molecule has 0 fully saturated rings. The molecule has 0 spiro atoms. The summed E-state index contributed by atoms with van der Waals surface area (Å²) in [6.07, 6.45) is -0.803. The minimum Gasteiger partial charge on any atom is -0.420 e. The fraction of sp³-hybridized carbons (Fsp3) is 0.273. The van der Waals surface area contributed by atoms with Crippen LogP contribution in [0.5, 0.6) is 5.75 Å². The van der Waals surface area contributed by atoms with Gasteiger partial charge in [-0.15, -0.1) is 0 Å². The van der Waals surface area contributed by atoms with E-state index in [1.54, 1.807) is 0 Å². The number of esters is 1. The van der Waals surface area contributed by atoms with E-state index in [-0.39, 0.29) is 6.42 Å². The zero-order valence-electron chi connectivity index (χ0n) is 9.53. The van der Waals surface area contributed by atoms with Crippen molar-refractivity contribution in [2.24, 2.45) is 0 Å². The van der Waals surface area contributed by atoms with E-state index in [0.717, 1.165) is 6.92 Å². The first-order valence-corrected chi connectivity index (χ1v) is 4.97. The highest BCUT2D eigenvalue weighted by Gasteiger charge is 2.28. The maximum atomic E-state index is 13.1. The zero-order valence-corrected chi connectivity index (χ0v) is 9.53. The summed E-state index contributed by atoms with van der Waals surface area (Å²) in [4.78, 5) is 21.6. The normalized spacial score (nSPS) is 10.4. The smallest absolute Gasteiger partial charge is 0.311 e. The van der Waals surface area contributed by atoms with Crippen molar-refractivity contribution >= 4 is 11.8 Å². The van der Waals surface area contributed by atoms with Gasteiger partial charge in [0.05, 0.1) is 6.42 Å². The van der Waals surface area contributed by atoms with Crippen LogP contribution in [0.2, 0.25) is 0 Å². The van der Waals surface area contributed by atoms with Crippen LogP contribution in [-0.2, 0) is 9.59 Å². The van der Waals surface area contributed by atoms with Gasteiger partial charge in [0.1, 0.15) is 5.78 Å². The van der Waals surface area contributed by atoms with Crippen molar-refractivity contribution in [1.82, 2.24) is 0 Å². The standard InChI is InChI=1S/C11H7F5O3/c1-4(17)2-3-5(18)19-11-9(15)7(13)6(12)8(14)10(11)16/h2-3H2,1H3. The molecule has 0 radical (unpaired) electrons. The summed E-state index contributed by atoms with van der Waals surface area (Å²) in [5.41, 5.74) is 0. The highest BCUT2D eigenvalue weighted by molar-refractivity contribution is 5.81. The lowest BCUT2D eigenvalue weighted by atomic mass is 10.2. The van der Waals surface area contributed by atoms with Crippen LogP contribution >= 0.6 is 0 Å². The van der Waals surface area contributed by atoms with E-state index in [0.29, 0.717) is 0 Å². The number of rotatable bonds is 4. The second-order valence-corrected chi connectivity index (χ2v) is 3.58. The van der Waals surface area contributed by atoms with Crippen LogP contribution < -0.4 is 4.74 Å². The monoisotopic (exact) mass is 282 g/mol. The molecule has 3 nitrogen and oxygen atoms in total. The summed E-state index contributed by atoms with van der Waals surface area (Å²) < 4.78 is 68.4. The Morgan fingerprint density at radius 3 is 1.68 bits per heavy atom. The molecule has 0 saturated heterocycles. The van der Waals surface area contributed by atoms with E-state index in [9.17, 15) is 31.5 Å². The van der Waals surface area contributed by atoms with Gasteiger partial charge in [0.25, 0.3) is 0 Å². The van der Waals surface area contributed by atoms with E-state index in [1.807, 2.05) is 0 Å². The van der Waals surface area contributed by atoms with E-state index in [2.05, 4.69) is 4.74 Å². The Hall–Kier alpha value is -1.99. The molecule has 0 aromatic heterocycles. The van der Waals surface area contributed by atoms with Crippen LogP contribution in [0, 0.1) is 29.1 Å². The Morgan fingerprint density at radius 2 is 1.26 bits per heavy atom. The van der Waals surface area contributed by atoms with Crippen LogP contribution in [0.1, 0.15) is 19.8 Å². The van der Waals surface area contributed by atoms with Gasteiger partial charge in [-0.2, -0.15) is 8.78 Å². The number of ether oxygens (including phenoxy) is 1. The van der Waals surface area contributed by atoms with Crippen molar-refractivity contribution in [3.63, 3.8) is 0 Å². The maximum absolute atomic E-state index is 13.1. The van der Waals surface area contributed by atoms with E-state index in [1.165, 1.54) is 0 Å². The van der Waals surface area contributed by atoms with E-state index in [4.69, 9.17) is 0 Å². The molecule has 0 atom stereocenters. The van der Waals surface area contributed by atoms with Crippen molar-refractivity contribution in [3.05, 3.63) is 29.1 Å². The van der Waals surface area contributed by atoms with Crippen molar-refractivity contribution < 1.29 is 36.3 Å². The van der Waals surface area contributed by atoms with Crippen LogP contribution in [0.3, 0.4) is 0 Å². The van der Waals surface area contributed by atoms with Crippen LogP contribution in [0.25, 0.3) is 0 Å². The van der Waals surface area contributed by atoms with Gasteiger partial charge in [-0.25, -0.2) is 13.2 Å². The number of hydrogen-bond donors (Lipinski definition) is 0. The molecule has 8 heteroatoms. The summed E-state index contributed by atoms with van der Waals surface area (Å²) in [5, 5.41) is 0. The highest BCUT2D eigenvalue weighted by atomic mass is 19.2. The molecule has 0 heterocycles. The predicted octanol–water partition coefficient (Wildman–Crippen LogP) is 2.66.